The van der Waals surface area contributed by atoms with Crippen molar-refractivity contribution >= 4 is 56.7 Å². The zero-order valence-electron chi connectivity index (χ0n) is 53.4. The number of aryl methyl sites for hydroxylation is 2. The van der Waals surface area contributed by atoms with Gasteiger partial charge in [-0.3, -0.25) is 4.90 Å². The number of piperazine rings is 2. The fourth-order valence-corrected chi connectivity index (χ4v) is 14.2. The summed E-state index contributed by atoms with van der Waals surface area (Å²) in [6.07, 6.45) is 5.64. The van der Waals surface area contributed by atoms with Gasteiger partial charge < -0.3 is 53.7 Å². The van der Waals surface area contributed by atoms with Crippen LogP contribution in [0, 0.1) is 13.8 Å². The second-order valence-electron chi connectivity index (χ2n) is 25.4. The van der Waals surface area contributed by atoms with Crippen LogP contribution in [-0.2, 0) is 48.6 Å². The van der Waals surface area contributed by atoms with E-state index in [1.54, 1.807) is 9.80 Å². The number of aromatic nitrogens is 4. The number of amides is 2. The predicted molar refractivity (Wildman–Crippen MR) is 359 cm³/mol. The highest BCUT2D eigenvalue weighted by atomic mass is 16.6. The van der Waals surface area contributed by atoms with Crippen molar-refractivity contribution in [3.63, 3.8) is 0 Å². The maximum absolute atomic E-state index is 12.9. The van der Waals surface area contributed by atoms with Gasteiger partial charge in [-0.15, -0.1) is 0 Å². The SMILES string of the molecule is Cc1cc(N2CCc3c(nc(O[C@H](C)[C@H]4CCCN4)nc3N3CCN(C(=O)OCc4ccccc4)CC3)C2)c2ccccc2c1.Cc1cc(N2CCc3c(nc(O[C@H](C)[C@H]4CCCN4C)nc3N3CCN(C(=O)OCc4ccccc4)CC3)C2)c2ccccc2c1. The first kappa shape index (κ1) is 61.1. The first-order valence-corrected chi connectivity index (χ1v) is 32.9. The second kappa shape index (κ2) is 27.8. The Bertz CT molecular complexity index is 3840. The summed E-state index contributed by atoms with van der Waals surface area (Å²) in [5, 5.41) is 8.58. The molecule has 18 nitrogen and oxygen atoms in total. The first-order valence-electron chi connectivity index (χ1n) is 32.9. The second-order valence-corrected chi connectivity index (χ2v) is 25.4. The van der Waals surface area contributed by atoms with Crippen LogP contribution in [0.25, 0.3) is 21.5 Å². The Morgan fingerprint density at radius 1 is 0.516 bits per heavy atom. The van der Waals surface area contributed by atoms with Gasteiger partial charge in [-0.1, -0.05) is 121 Å². The lowest BCUT2D eigenvalue weighted by molar-refractivity contribution is 0.0934. The van der Waals surface area contributed by atoms with E-state index in [2.05, 4.69) is 137 Å². The van der Waals surface area contributed by atoms with Crippen LogP contribution in [0.1, 0.15) is 84.3 Å². The number of fused-ring (bicyclic) bond motifs is 4. The highest BCUT2D eigenvalue weighted by molar-refractivity contribution is 5.96. The molecule has 0 aliphatic carbocycles. The Morgan fingerprint density at radius 2 is 0.978 bits per heavy atom. The van der Waals surface area contributed by atoms with E-state index >= 15 is 0 Å². The number of nitrogens with zero attached hydrogens (tertiary/aromatic N) is 11. The summed E-state index contributed by atoms with van der Waals surface area (Å²) >= 11 is 0. The molecule has 91 heavy (non-hydrogen) atoms. The third kappa shape index (κ3) is 14.1. The van der Waals surface area contributed by atoms with Gasteiger partial charge in [0.1, 0.15) is 37.1 Å². The fourth-order valence-electron chi connectivity index (χ4n) is 14.2. The molecule has 6 aliphatic rings. The minimum Gasteiger partial charge on any atom is -0.459 e. The molecule has 474 valence electrons. The van der Waals surface area contributed by atoms with Crippen LogP contribution >= 0.6 is 0 Å². The Hall–Kier alpha value is -8.74. The van der Waals surface area contributed by atoms with Crippen molar-refractivity contribution in [1.82, 2.24) is 40.0 Å². The average Bonchev–Trinajstić information content (AvgIpc) is 1.17. The fraction of sp³-hybridized carbons (Fsp3) is 0.425. The first-order chi connectivity index (χ1) is 44.4. The van der Waals surface area contributed by atoms with Crippen LogP contribution in [0.2, 0.25) is 0 Å². The molecular formula is C73H86N12O6. The minimum absolute atomic E-state index is 0.0185. The van der Waals surface area contributed by atoms with Crippen molar-refractivity contribution in [2.24, 2.45) is 0 Å². The molecule has 0 bridgehead atoms. The molecule has 6 aromatic carbocycles. The van der Waals surface area contributed by atoms with Crippen LogP contribution in [0.4, 0.5) is 32.6 Å². The molecule has 8 aromatic rings. The summed E-state index contributed by atoms with van der Waals surface area (Å²) in [4.78, 5) is 61.5. The number of hydrogen-bond donors (Lipinski definition) is 1. The van der Waals surface area contributed by atoms with Crippen LogP contribution in [-0.4, -0.2) is 157 Å². The van der Waals surface area contributed by atoms with Gasteiger partial charge in [0.25, 0.3) is 0 Å². The standard InChI is InChI=1S/C37H44N6O3.C36H42N6O3/c1-26-22-29-12-7-8-13-30(29)34(23-26)43-17-15-31-32(24-43)38-36(46-27(2)33-14-9-16-40(33)3)39-35(31)41-18-20-42(21-19-41)37(44)45-25-28-10-5-4-6-11-28;1-25-21-28-11-6-7-12-29(28)33(22-25)42-16-14-30-32(23-42)38-35(45-26(2)31-13-8-15-37-31)39-34(30)40-17-19-41(20-18-40)36(43)44-24-27-9-4-3-5-10-27/h4-8,10-13,22-23,27,33H,9,14-21,24-25H2,1-3H3;3-7,9-12,21-22,26,31,37H,8,13-20,23-24H2,1-2H3/t27-,33-;26-,31-/m11/s1. The lowest BCUT2D eigenvalue weighted by atomic mass is 10.0. The number of benzene rings is 6. The van der Waals surface area contributed by atoms with Crippen LogP contribution in [0.5, 0.6) is 12.0 Å². The smallest absolute Gasteiger partial charge is 0.410 e. The summed E-state index contributed by atoms with van der Waals surface area (Å²) in [6.45, 7) is 19.4. The number of likely N-dealkylation sites (N-methyl/N-ethyl adjacent to an activating group) is 1. The molecule has 4 fully saturated rings. The molecule has 0 unspecified atom stereocenters. The topological polar surface area (TPSA) is 157 Å². The molecule has 14 rings (SSSR count). The number of carbonyl (C=O) groups is 2. The van der Waals surface area contributed by atoms with Crippen molar-refractivity contribution in [1.29, 1.82) is 0 Å². The molecule has 1 N–H and O–H groups in total. The molecular weight excluding hydrogens is 1140 g/mol. The van der Waals surface area contributed by atoms with E-state index in [1.807, 2.05) is 60.7 Å². The van der Waals surface area contributed by atoms with E-state index in [1.165, 1.54) is 61.6 Å². The van der Waals surface area contributed by atoms with Crippen molar-refractivity contribution < 1.29 is 28.5 Å². The van der Waals surface area contributed by atoms with Crippen LogP contribution < -0.4 is 34.4 Å². The van der Waals surface area contributed by atoms with Gasteiger partial charge in [-0.25, -0.2) is 9.59 Å². The number of likely N-dealkylation sites (tertiary alicyclic amines) is 1. The lowest BCUT2D eigenvalue weighted by Gasteiger charge is -2.38. The van der Waals surface area contributed by atoms with Crippen LogP contribution in [0.3, 0.4) is 0 Å². The maximum Gasteiger partial charge on any atom is 0.410 e. The molecule has 6 aliphatic heterocycles. The molecule has 4 atom stereocenters. The summed E-state index contributed by atoms with van der Waals surface area (Å²) in [7, 11) is 2.17. The van der Waals surface area contributed by atoms with E-state index < -0.39 is 0 Å². The third-order valence-electron chi connectivity index (χ3n) is 19.1. The normalized spacial score (nSPS) is 19.1. The molecule has 0 radical (unpaired) electrons. The summed E-state index contributed by atoms with van der Waals surface area (Å²) in [5.41, 5.74) is 11.4. The van der Waals surface area contributed by atoms with Gasteiger partial charge >= 0.3 is 24.2 Å². The Morgan fingerprint density at radius 3 is 1.43 bits per heavy atom. The maximum atomic E-state index is 12.9. The van der Waals surface area contributed by atoms with Crippen molar-refractivity contribution in [2.75, 3.05) is 105 Å². The van der Waals surface area contributed by atoms with Gasteiger partial charge in [0, 0.05) is 111 Å². The average molecular weight is 1230 g/mol. The molecule has 18 heteroatoms. The van der Waals surface area contributed by atoms with E-state index in [4.69, 9.17) is 38.9 Å². The number of anilines is 4. The van der Waals surface area contributed by atoms with E-state index in [0.717, 1.165) is 92.4 Å². The highest BCUT2D eigenvalue weighted by Gasteiger charge is 2.35. The van der Waals surface area contributed by atoms with Gasteiger partial charge in [0.15, 0.2) is 0 Å². The number of carbonyl (C=O) groups excluding carboxylic acids is 2. The zero-order chi connectivity index (χ0) is 62.4. The molecule has 4 saturated heterocycles. The third-order valence-corrected chi connectivity index (χ3v) is 19.1. The highest BCUT2D eigenvalue weighted by Crippen LogP contribution is 2.38. The van der Waals surface area contributed by atoms with Crippen molar-refractivity contribution in [3.8, 4) is 12.0 Å². The Labute approximate surface area is 535 Å². The molecule has 2 amide bonds. The Kier molecular flexibility index (Phi) is 18.7. The summed E-state index contributed by atoms with van der Waals surface area (Å²) in [5.74, 6) is 1.88. The monoisotopic (exact) mass is 1230 g/mol. The van der Waals surface area contributed by atoms with E-state index in [0.29, 0.717) is 89.6 Å². The predicted octanol–water partition coefficient (Wildman–Crippen LogP) is 11.3. The number of hydrogen-bond acceptors (Lipinski definition) is 16. The van der Waals surface area contributed by atoms with Gasteiger partial charge in [0.2, 0.25) is 0 Å². The van der Waals surface area contributed by atoms with Crippen molar-refractivity contribution in [2.45, 2.75) is 117 Å². The van der Waals surface area contributed by atoms with Gasteiger partial charge in [-0.05, 0) is 132 Å². The van der Waals surface area contributed by atoms with E-state index in [-0.39, 0.29) is 37.6 Å². The summed E-state index contributed by atoms with van der Waals surface area (Å²) < 4.78 is 24.2. The molecule has 0 spiro atoms. The van der Waals surface area contributed by atoms with E-state index in [9.17, 15) is 9.59 Å². The minimum atomic E-state index is -0.272. The zero-order valence-corrected chi connectivity index (χ0v) is 53.4. The number of nitrogens with one attached hydrogen (secondary N) is 1. The molecule has 0 saturated carbocycles. The quantitative estimate of drug-likeness (QED) is 0.110. The van der Waals surface area contributed by atoms with Gasteiger partial charge in [0.05, 0.1) is 24.5 Å². The van der Waals surface area contributed by atoms with Crippen LogP contribution in [0.15, 0.2) is 133 Å². The lowest BCUT2D eigenvalue weighted by Crippen LogP contribution is -2.49. The Balaban J connectivity index is 0.000000167. The molecule has 2 aromatic heterocycles. The van der Waals surface area contributed by atoms with Crippen molar-refractivity contribution in [3.05, 3.63) is 178 Å². The number of ether oxygens (including phenoxy) is 4. The summed E-state index contributed by atoms with van der Waals surface area (Å²) in [6, 6.07) is 47.5. The molecule has 8 heterocycles. The number of rotatable bonds is 14. The largest absolute Gasteiger partial charge is 0.459 e. The van der Waals surface area contributed by atoms with Gasteiger partial charge in [-0.2, -0.15) is 19.9 Å².